The van der Waals surface area contributed by atoms with Crippen LogP contribution in [0.5, 0.6) is 0 Å². The van der Waals surface area contributed by atoms with Gasteiger partial charge in [0.05, 0.1) is 6.04 Å². The minimum atomic E-state index is -0.239. The van der Waals surface area contributed by atoms with Gasteiger partial charge in [0.15, 0.2) is 0 Å². The molecule has 0 spiro atoms. The molecule has 3 aromatic rings. The molecule has 0 aliphatic carbocycles. The van der Waals surface area contributed by atoms with E-state index in [0.29, 0.717) is 5.56 Å². The van der Waals surface area contributed by atoms with Gasteiger partial charge in [0.2, 0.25) is 0 Å². The summed E-state index contributed by atoms with van der Waals surface area (Å²) in [5.41, 5.74) is 3.97. The van der Waals surface area contributed by atoms with Crippen LogP contribution in [0, 0.1) is 19.7 Å². The highest BCUT2D eigenvalue weighted by Gasteiger charge is 2.31. The normalized spacial score (nSPS) is 16.3. The molecule has 2 heterocycles. The van der Waals surface area contributed by atoms with E-state index in [-0.39, 0.29) is 17.8 Å². The van der Waals surface area contributed by atoms with Gasteiger partial charge in [0.1, 0.15) is 10.8 Å². The highest BCUT2D eigenvalue weighted by molar-refractivity contribution is 7.16. The predicted molar refractivity (Wildman–Crippen MR) is 126 cm³/mol. The third-order valence-electron chi connectivity index (χ3n) is 6.06. The molecule has 162 valence electrons. The summed E-state index contributed by atoms with van der Waals surface area (Å²) in [7, 11) is 2.13. The molecule has 1 aromatic heterocycles. The van der Waals surface area contributed by atoms with Crippen molar-refractivity contribution in [2.24, 2.45) is 0 Å². The number of amides is 1. The van der Waals surface area contributed by atoms with E-state index in [1.54, 1.807) is 11.3 Å². The van der Waals surface area contributed by atoms with Crippen molar-refractivity contribution < 1.29 is 9.18 Å². The van der Waals surface area contributed by atoms with Crippen LogP contribution in [0.4, 0.5) is 9.39 Å². The first-order valence-electron chi connectivity index (χ1n) is 10.6. The highest BCUT2D eigenvalue weighted by Crippen LogP contribution is 2.42. The Kier molecular flexibility index (Phi) is 6.51. The predicted octanol–water partition coefficient (Wildman–Crippen LogP) is 5.09. The third-order valence-corrected chi connectivity index (χ3v) is 7.20. The minimum Gasteiger partial charge on any atom is -0.313 e. The summed E-state index contributed by atoms with van der Waals surface area (Å²) in [6.07, 6.45) is 0. The van der Waals surface area contributed by atoms with Crippen LogP contribution < -0.4 is 5.32 Å². The molecule has 1 saturated heterocycles. The first-order chi connectivity index (χ1) is 14.9. The van der Waals surface area contributed by atoms with E-state index in [1.165, 1.54) is 22.6 Å². The smallest absolute Gasteiger partial charge is 0.256 e. The van der Waals surface area contributed by atoms with E-state index in [2.05, 4.69) is 36.0 Å². The average molecular weight is 438 g/mol. The van der Waals surface area contributed by atoms with Gasteiger partial charge in [-0.05, 0) is 56.3 Å². The van der Waals surface area contributed by atoms with Crippen LogP contribution in [0.25, 0.3) is 0 Å². The number of rotatable bonds is 5. The molecule has 1 amide bonds. The van der Waals surface area contributed by atoms with E-state index in [0.717, 1.165) is 42.3 Å². The standard InChI is InChI=1S/C25H28FN3OS/c1-17-18(2)31-25(27-24(30)20-7-5-4-6-8-20)22(17)23(19-9-11-21(26)12-10-19)29-15-13-28(3)14-16-29/h4-12,23H,13-16H2,1-3H3,(H,27,30). The summed E-state index contributed by atoms with van der Waals surface area (Å²) in [5.74, 6) is -0.351. The lowest BCUT2D eigenvalue weighted by molar-refractivity contribution is 0.102. The zero-order valence-corrected chi connectivity index (χ0v) is 19.0. The summed E-state index contributed by atoms with van der Waals surface area (Å²) < 4.78 is 13.7. The molecule has 4 rings (SSSR count). The molecule has 1 atom stereocenters. The molecule has 0 radical (unpaired) electrons. The molecule has 4 nitrogen and oxygen atoms in total. The van der Waals surface area contributed by atoms with Crippen molar-refractivity contribution in [2.45, 2.75) is 19.9 Å². The molecular weight excluding hydrogens is 409 g/mol. The molecule has 0 bridgehead atoms. The van der Waals surface area contributed by atoms with Gasteiger partial charge in [-0.2, -0.15) is 0 Å². The Bertz CT molecular complexity index is 1040. The fourth-order valence-electron chi connectivity index (χ4n) is 4.12. The van der Waals surface area contributed by atoms with Crippen molar-refractivity contribution in [3.63, 3.8) is 0 Å². The van der Waals surface area contributed by atoms with Crippen LogP contribution in [-0.4, -0.2) is 48.9 Å². The molecule has 0 saturated carbocycles. The van der Waals surface area contributed by atoms with Crippen LogP contribution in [0.2, 0.25) is 0 Å². The maximum absolute atomic E-state index is 13.7. The number of carbonyl (C=O) groups excluding carboxylic acids is 1. The Morgan fingerprint density at radius 1 is 1.00 bits per heavy atom. The summed E-state index contributed by atoms with van der Waals surface area (Å²) in [6, 6.07) is 16.0. The molecular formula is C25H28FN3OS. The quantitative estimate of drug-likeness (QED) is 0.604. The number of aryl methyl sites for hydroxylation is 1. The Morgan fingerprint density at radius 3 is 2.29 bits per heavy atom. The summed E-state index contributed by atoms with van der Waals surface area (Å²) in [4.78, 5) is 18.9. The van der Waals surface area contributed by atoms with Gasteiger partial charge in [-0.1, -0.05) is 30.3 Å². The monoisotopic (exact) mass is 437 g/mol. The Labute approximate surface area is 187 Å². The Hall–Kier alpha value is -2.54. The number of piperazine rings is 1. The maximum Gasteiger partial charge on any atom is 0.256 e. The molecule has 1 aliphatic rings. The molecule has 6 heteroatoms. The van der Waals surface area contributed by atoms with Gasteiger partial charge >= 0.3 is 0 Å². The zero-order valence-electron chi connectivity index (χ0n) is 18.2. The summed E-state index contributed by atoms with van der Waals surface area (Å²) in [5, 5.41) is 4.04. The van der Waals surface area contributed by atoms with Crippen molar-refractivity contribution in [1.29, 1.82) is 0 Å². The van der Waals surface area contributed by atoms with E-state index >= 15 is 0 Å². The molecule has 1 aliphatic heterocycles. The van der Waals surface area contributed by atoms with Crippen LogP contribution in [0.15, 0.2) is 54.6 Å². The van der Waals surface area contributed by atoms with Crippen LogP contribution in [-0.2, 0) is 0 Å². The van der Waals surface area contributed by atoms with E-state index in [4.69, 9.17) is 0 Å². The van der Waals surface area contributed by atoms with Crippen molar-refractivity contribution >= 4 is 22.2 Å². The summed E-state index contributed by atoms with van der Waals surface area (Å²) in [6.45, 7) is 7.99. The SMILES string of the molecule is Cc1sc(NC(=O)c2ccccc2)c(C(c2ccc(F)cc2)N2CCN(C)CC2)c1C. The second kappa shape index (κ2) is 9.30. The molecule has 1 fully saturated rings. The van der Waals surface area contributed by atoms with Crippen molar-refractivity contribution in [3.8, 4) is 0 Å². The van der Waals surface area contributed by atoms with Gasteiger partial charge in [0.25, 0.3) is 5.91 Å². The number of hydrogen-bond acceptors (Lipinski definition) is 4. The Balaban J connectivity index is 1.75. The van der Waals surface area contributed by atoms with Crippen LogP contribution in [0.3, 0.4) is 0 Å². The number of halogens is 1. The number of benzene rings is 2. The lowest BCUT2D eigenvalue weighted by Crippen LogP contribution is -2.46. The molecule has 31 heavy (non-hydrogen) atoms. The average Bonchev–Trinajstić information content (AvgIpc) is 3.05. The number of anilines is 1. The lowest BCUT2D eigenvalue weighted by Gasteiger charge is -2.39. The number of likely N-dealkylation sites (N-methyl/N-ethyl adjacent to an activating group) is 1. The van der Waals surface area contributed by atoms with E-state index < -0.39 is 0 Å². The number of carbonyl (C=O) groups is 1. The highest BCUT2D eigenvalue weighted by atomic mass is 32.1. The number of hydrogen-bond donors (Lipinski definition) is 1. The third kappa shape index (κ3) is 4.71. The lowest BCUT2D eigenvalue weighted by atomic mass is 9.94. The number of nitrogens with one attached hydrogen (secondary N) is 1. The first-order valence-corrected chi connectivity index (χ1v) is 11.4. The van der Waals surface area contributed by atoms with Crippen LogP contribution >= 0.6 is 11.3 Å². The molecule has 2 aromatic carbocycles. The number of nitrogens with zero attached hydrogens (tertiary/aromatic N) is 2. The second-order valence-corrected chi connectivity index (χ2v) is 9.36. The van der Waals surface area contributed by atoms with Crippen molar-refractivity contribution in [2.75, 3.05) is 38.5 Å². The fraction of sp³-hybridized carbons (Fsp3) is 0.320. The topological polar surface area (TPSA) is 35.6 Å². The van der Waals surface area contributed by atoms with Gasteiger partial charge in [-0.3, -0.25) is 9.69 Å². The molecule has 1 N–H and O–H groups in total. The van der Waals surface area contributed by atoms with Gasteiger partial charge < -0.3 is 10.2 Å². The molecule has 1 unspecified atom stereocenters. The Morgan fingerprint density at radius 2 is 1.65 bits per heavy atom. The minimum absolute atomic E-state index is 0.0367. The van der Waals surface area contributed by atoms with Gasteiger partial charge in [-0.15, -0.1) is 11.3 Å². The second-order valence-electron chi connectivity index (χ2n) is 8.14. The number of thiophene rings is 1. The fourth-order valence-corrected chi connectivity index (χ4v) is 5.20. The van der Waals surface area contributed by atoms with E-state index in [1.807, 2.05) is 42.5 Å². The van der Waals surface area contributed by atoms with E-state index in [9.17, 15) is 9.18 Å². The van der Waals surface area contributed by atoms with Gasteiger partial charge in [-0.25, -0.2) is 4.39 Å². The first kappa shape index (κ1) is 21.7. The van der Waals surface area contributed by atoms with Crippen molar-refractivity contribution in [1.82, 2.24) is 9.80 Å². The van der Waals surface area contributed by atoms with Crippen LogP contribution in [0.1, 0.15) is 38.0 Å². The summed E-state index contributed by atoms with van der Waals surface area (Å²) >= 11 is 1.61. The zero-order chi connectivity index (χ0) is 22.0. The van der Waals surface area contributed by atoms with Gasteiger partial charge in [0, 0.05) is 42.2 Å². The van der Waals surface area contributed by atoms with Crippen molar-refractivity contribution in [3.05, 3.63) is 87.5 Å². The maximum atomic E-state index is 13.7. The largest absolute Gasteiger partial charge is 0.313 e.